The van der Waals surface area contributed by atoms with Crippen molar-refractivity contribution in [2.24, 2.45) is 0 Å². The van der Waals surface area contributed by atoms with E-state index in [0.29, 0.717) is 30.4 Å². The van der Waals surface area contributed by atoms with Crippen LogP contribution in [0.1, 0.15) is 23.7 Å². The number of halogens is 2. The molecule has 0 aliphatic carbocycles. The fourth-order valence-corrected chi connectivity index (χ4v) is 3.87. The van der Waals surface area contributed by atoms with Crippen molar-refractivity contribution >= 4 is 17.7 Å². The maximum Gasteiger partial charge on any atom is 0.417 e. The molecular weight excluding hydrogens is 423 g/mol. The van der Waals surface area contributed by atoms with Gasteiger partial charge in [0.15, 0.2) is 6.23 Å². The van der Waals surface area contributed by atoms with Crippen LogP contribution in [0, 0.1) is 5.82 Å². The van der Waals surface area contributed by atoms with Crippen molar-refractivity contribution in [2.75, 3.05) is 20.2 Å². The third-order valence-electron chi connectivity index (χ3n) is 5.33. The van der Waals surface area contributed by atoms with Gasteiger partial charge in [0.1, 0.15) is 23.5 Å². The summed E-state index contributed by atoms with van der Waals surface area (Å²) in [4.78, 5) is 16.0. The highest BCUT2D eigenvalue weighted by atomic mass is 35.5. The molecule has 0 spiro atoms. The van der Waals surface area contributed by atoms with E-state index in [2.05, 4.69) is 15.5 Å². The first-order chi connectivity index (χ1) is 15.0. The van der Waals surface area contributed by atoms with Crippen LogP contribution in [0.5, 0.6) is 0 Å². The van der Waals surface area contributed by atoms with Crippen LogP contribution < -0.4 is 10.6 Å². The number of hydrogen-bond acceptors (Lipinski definition) is 6. The summed E-state index contributed by atoms with van der Waals surface area (Å²) in [6.07, 6.45) is -0.924. The topological polar surface area (TPSA) is 77.1 Å². The number of nitrogens with zero attached hydrogens (tertiary/aromatic N) is 2. The lowest BCUT2D eigenvalue weighted by molar-refractivity contribution is 0.0452. The molecule has 0 saturated carbocycles. The second-order valence-electron chi connectivity index (χ2n) is 7.44. The number of rotatable bonds is 7. The summed E-state index contributed by atoms with van der Waals surface area (Å²) in [6, 6.07) is 13.8. The molecular formula is C22H24ClFN4O3. The molecule has 0 saturated heterocycles. The summed E-state index contributed by atoms with van der Waals surface area (Å²) in [5, 5.41) is 16.4. The Hall–Kier alpha value is -2.81. The average molecular weight is 447 g/mol. The van der Waals surface area contributed by atoms with Gasteiger partial charge in [0.2, 0.25) is 0 Å². The lowest BCUT2D eigenvalue weighted by Crippen LogP contribution is -2.48. The van der Waals surface area contributed by atoms with Crippen LogP contribution in [0.15, 0.2) is 60.0 Å². The normalized spacial score (nSPS) is 20.6. The van der Waals surface area contributed by atoms with Crippen molar-refractivity contribution in [3.63, 3.8) is 0 Å². The lowest BCUT2D eigenvalue weighted by atomic mass is 10.1. The van der Waals surface area contributed by atoms with Crippen LogP contribution in [0.2, 0.25) is 5.02 Å². The van der Waals surface area contributed by atoms with E-state index in [0.717, 1.165) is 16.8 Å². The number of carbonyl (C=O) groups excluding carboxylic acids is 1. The van der Waals surface area contributed by atoms with Gasteiger partial charge in [-0.1, -0.05) is 35.9 Å². The summed E-state index contributed by atoms with van der Waals surface area (Å²) >= 11 is 6.07. The van der Waals surface area contributed by atoms with Gasteiger partial charge >= 0.3 is 6.09 Å². The van der Waals surface area contributed by atoms with Crippen LogP contribution in [0.25, 0.3) is 0 Å². The number of benzene rings is 2. The van der Waals surface area contributed by atoms with Crippen LogP contribution in [-0.2, 0) is 11.3 Å². The van der Waals surface area contributed by atoms with Gasteiger partial charge in [-0.15, -0.1) is 0 Å². The first kappa shape index (κ1) is 21.4. The van der Waals surface area contributed by atoms with E-state index in [4.69, 9.17) is 21.4 Å². The van der Waals surface area contributed by atoms with Crippen LogP contribution in [-0.4, -0.2) is 47.4 Å². The first-order valence-electron chi connectivity index (χ1n) is 10.0. The minimum Gasteiger partial charge on any atom is -0.424 e. The molecule has 2 aromatic rings. The summed E-state index contributed by atoms with van der Waals surface area (Å²) in [5.41, 5.74) is 2.63. The van der Waals surface area contributed by atoms with Crippen molar-refractivity contribution in [3.8, 4) is 0 Å². The molecule has 2 heterocycles. The third kappa shape index (κ3) is 4.46. The number of ether oxygens (including phenoxy) is 1. The van der Waals surface area contributed by atoms with Crippen molar-refractivity contribution in [1.82, 2.24) is 20.4 Å². The van der Waals surface area contributed by atoms with Crippen LogP contribution >= 0.6 is 11.6 Å². The van der Waals surface area contributed by atoms with E-state index in [1.807, 2.05) is 24.3 Å². The zero-order valence-electron chi connectivity index (χ0n) is 17.0. The molecule has 7 nitrogen and oxygen atoms in total. The minimum absolute atomic E-state index is 0.0322. The van der Waals surface area contributed by atoms with E-state index in [-0.39, 0.29) is 18.6 Å². The van der Waals surface area contributed by atoms with Gasteiger partial charge in [0.05, 0.1) is 0 Å². The SMILES string of the molecule is CN1C(=O)OC(NCCCO)C2=C1NC(c1ccc(Cl)cc1)N2Cc1ccc(F)cc1. The second kappa shape index (κ2) is 9.13. The Morgan fingerprint density at radius 2 is 1.90 bits per heavy atom. The Kier molecular flexibility index (Phi) is 6.31. The number of amides is 1. The Labute approximate surface area is 185 Å². The number of aliphatic hydroxyl groups excluding tert-OH is 1. The van der Waals surface area contributed by atoms with E-state index in [9.17, 15) is 9.18 Å². The highest BCUT2D eigenvalue weighted by Gasteiger charge is 2.44. The zero-order chi connectivity index (χ0) is 22.0. The number of hydrogen-bond donors (Lipinski definition) is 3. The predicted octanol–water partition coefficient (Wildman–Crippen LogP) is 3.13. The Balaban J connectivity index is 1.71. The van der Waals surface area contributed by atoms with Gasteiger partial charge in [-0.25, -0.2) is 9.18 Å². The monoisotopic (exact) mass is 446 g/mol. The molecule has 0 radical (unpaired) electrons. The van der Waals surface area contributed by atoms with Crippen molar-refractivity contribution < 1.29 is 19.0 Å². The molecule has 2 aliphatic rings. The van der Waals surface area contributed by atoms with Crippen molar-refractivity contribution in [1.29, 1.82) is 0 Å². The fourth-order valence-electron chi connectivity index (χ4n) is 3.75. The molecule has 4 rings (SSSR count). The molecule has 31 heavy (non-hydrogen) atoms. The standard InChI is InChI=1S/C22H24ClFN4O3/c1-27-20-18(21(31-22(27)30)25-11-2-12-29)28(13-14-3-9-17(24)10-4-14)19(26-20)15-5-7-16(23)8-6-15/h3-10,19,21,25-26,29H,2,11-13H2,1H3. The molecule has 0 bridgehead atoms. The molecule has 2 unspecified atom stereocenters. The highest BCUT2D eigenvalue weighted by Crippen LogP contribution is 2.38. The fraction of sp³-hybridized carbons (Fsp3) is 0.318. The van der Waals surface area contributed by atoms with Crippen molar-refractivity contribution in [3.05, 3.63) is 82.0 Å². The first-order valence-corrected chi connectivity index (χ1v) is 10.4. The Morgan fingerprint density at radius 1 is 1.19 bits per heavy atom. The van der Waals surface area contributed by atoms with E-state index >= 15 is 0 Å². The summed E-state index contributed by atoms with van der Waals surface area (Å²) < 4.78 is 19.1. The summed E-state index contributed by atoms with van der Waals surface area (Å²) in [5.74, 6) is 0.340. The molecule has 0 aromatic heterocycles. The van der Waals surface area contributed by atoms with Crippen LogP contribution in [0.3, 0.4) is 0 Å². The molecule has 2 atom stereocenters. The average Bonchev–Trinajstić information content (AvgIpc) is 3.13. The van der Waals surface area contributed by atoms with E-state index in [1.165, 1.54) is 17.0 Å². The van der Waals surface area contributed by atoms with Crippen LogP contribution in [0.4, 0.5) is 9.18 Å². The Bertz CT molecular complexity index is 968. The third-order valence-corrected chi connectivity index (χ3v) is 5.58. The molecule has 2 aliphatic heterocycles. The largest absolute Gasteiger partial charge is 0.424 e. The van der Waals surface area contributed by atoms with Gasteiger partial charge in [-0.3, -0.25) is 10.2 Å². The van der Waals surface area contributed by atoms with Gasteiger partial charge in [0, 0.05) is 31.8 Å². The number of nitrogens with one attached hydrogen (secondary N) is 2. The molecule has 3 N–H and O–H groups in total. The Morgan fingerprint density at radius 3 is 2.58 bits per heavy atom. The molecule has 1 amide bonds. The molecule has 2 aromatic carbocycles. The molecule has 9 heteroatoms. The molecule has 0 fully saturated rings. The van der Waals surface area contributed by atoms with E-state index < -0.39 is 12.3 Å². The minimum atomic E-state index is -0.685. The number of carbonyl (C=O) groups is 1. The predicted molar refractivity (Wildman–Crippen MR) is 114 cm³/mol. The zero-order valence-corrected chi connectivity index (χ0v) is 17.8. The maximum absolute atomic E-state index is 13.4. The molecule has 164 valence electrons. The van der Waals surface area contributed by atoms with E-state index in [1.54, 1.807) is 19.2 Å². The highest BCUT2D eigenvalue weighted by molar-refractivity contribution is 6.30. The second-order valence-corrected chi connectivity index (χ2v) is 7.88. The number of cyclic esters (lactones) is 1. The van der Waals surface area contributed by atoms with Gasteiger partial charge in [-0.2, -0.15) is 0 Å². The lowest BCUT2D eigenvalue weighted by Gasteiger charge is -2.35. The quantitative estimate of drug-likeness (QED) is 0.567. The number of aliphatic hydroxyl groups is 1. The van der Waals surface area contributed by atoms with Gasteiger partial charge < -0.3 is 20.1 Å². The summed E-state index contributed by atoms with van der Waals surface area (Å²) in [6.45, 7) is 0.971. The van der Waals surface area contributed by atoms with Gasteiger partial charge in [0.25, 0.3) is 0 Å². The van der Waals surface area contributed by atoms with Crippen molar-refractivity contribution in [2.45, 2.75) is 25.4 Å². The smallest absolute Gasteiger partial charge is 0.417 e. The van der Waals surface area contributed by atoms with Gasteiger partial charge in [-0.05, 0) is 41.8 Å². The maximum atomic E-state index is 13.4. The summed E-state index contributed by atoms with van der Waals surface area (Å²) in [7, 11) is 1.65.